The summed E-state index contributed by atoms with van der Waals surface area (Å²) in [6.45, 7) is 3.68. The molecule has 0 radical (unpaired) electrons. The normalized spacial score (nSPS) is 17.2. The second-order valence-corrected chi connectivity index (χ2v) is 7.77. The fourth-order valence-corrected chi connectivity index (χ4v) is 3.66. The van der Waals surface area contributed by atoms with Crippen LogP contribution in [0.2, 0.25) is 0 Å². The lowest BCUT2D eigenvalue weighted by molar-refractivity contribution is 0.0638. The van der Waals surface area contributed by atoms with E-state index < -0.39 is 5.72 Å². The number of rotatable bonds is 7. The third-order valence-corrected chi connectivity index (χ3v) is 5.43. The molecule has 2 N–H and O–H groups in total. The molecule has 3 rings (SSSR count). The van der Waals surface area contributed by atoms with Crippen LogP contribution in [0.1, 0.15) is 69.4 Å². The maximum atomic E-state index is 11.8. The summed E-state index contributed by atoms with van der Waals surface area (Å²) in [5.74, 6) is 1.72. The predicted molar refractivity (Wildman–Crippen MR) is 119 cm³/mol. The van der Waals surface area contributed by atoms with E-state index in [-0.39, 0.29) is 0 Å². The number of ether oxygens (including phenoxy) is 1. The van der Waals surface area contributed by atoms with Gasteiger partial charge in [0.15, 0.2) is 5.72 Å². The highest BCUT2D eigenvalue weighted by Gasteiger charge is 2.32. The number of hydrogen-bond acceptors (Lipinski definition) is 4. The fourth-order valence-electron chi connectivity index (χ4n) is 3.66. The first-order valence-corrected chi connectivity index (χ1v) is 11.0. The third-order valence-electron chi connectivity index (χ3n) is 5.43. The van der Waals surface area contributed by atoms with Crippen molar-refractivity contribution in [3.63, 3.8) is 0 Å². The fraction of sp³-hybridized carbons (Fsp3) is 0.480. The van der Waals surface area contributed by atoms with Crippen molar-refractivity contribution in [3.8, 4) is 5.75 Å². The van der Waals surface area contributed by atoms with Gasteiger partial charge < -0.3 is 15.2 Å². The molecule has 29 heavy (non-hydrogen) atoms. The molecular weight excluding hydrogens is 360 g/mol. The Bertz CT molecular complexity index is 758. The number of aliphatic hydroxyl groups is 1. The summed E-state index contributed by atoms with van der Waals surface area (Å²) in [5.41, 5.74) is 0.271. The highest BCUT2D eigenvalue weighted by atomic mass is 16.5. The van der Waals surface area contributed by atoms with Crippen LogP contribution in [0.4, 0.5) is 0 Å². The molecular formula is C25H34N2O2. The minimum Gasteiger partial charge on any atom is -0.494 e. The number of hydrogen-bond donors (Lipinski definition) is 2. The molecule has 0 fully saturated rings. The second kappa shape index (κ2) is 11.0. The first-order valence-electron chi connectivity index (χ1n) is 11.0. The third kappa shape index (κ3) is 6.07. The van der Waals surface area contributed by atoms with Gasteiger partial charge in [0.1, 0.15) is 5.75 Å². The molecule has 1 aliphatic rings. The zero-order chi connectivity index (χ0) is 20.4. The first-order chi connectivity index (χ1) is 14.2. The average molecular weight is 395 g/mol. The molecule has 4 nitrogen and oxygen atoms in total. The van der Waals surface area contributed by atoms with Crippen molar-refractivity contribution in [1.82, 2.24) is 5.32 Å². The minimum atomic E-state index is -1.32. The zero-order valence-corrected chi connectivity index (χ0v) is 17.6. The molecule has 4 heteroatoms. The molecule has 156 valence electrons. The van der Waals surface area contributed by atoms with Crippen LogP contribution in [-0.4, -0.2) is 24.1 Å². The van der Waals surface area contributed by atoms with E-state index in [1.165, 1.54) is 19.3 Å². The summed E-state index contributed by atoms with van der Waals surface area (Å²) in [6.07, 6.45) is 8.95. The number of unbranched alkanes of at least 4 members (excludes halogenated alkanes) is 1. The lowest BCUT2D eigenvalue weighted by Crippen LogP contribution is -2.47. The summed E-state index contributed by atoms with van der Waals surface area (Å²) in [5, 5.41) is 15.2. The Labute approximate surface area is 175 Å². The maximum Gasteiger partial charge on any atom is 0.189 e. The number of amidine groups is 1. The molecule has 2 aromatic carbocycles. The topological polar surface area (TPSA) is 53.9 Å². The van der Waals surface area contributed by atoms with Gasteiger partial charge >= 0.3 is 0 Å². The Morgan fingerprint density at radius 2 is 1.62 bits per heavy atom. The van der Waals surface area contributed by atoms with E-state index in [0.29, 0.717) is 6.61 Å². The zero-order valence-electron chi connectivity index (χ0n) is 17.6. The molecule has 0 aromatic heterocycles. The van der Waals surface area contributed by atoms with Gasteiger partial charge in [0, 0.05) is 24.1 Å². The molecule has 1 heterocycles. The lowest BCUT2D eigenvalue weighted by atomic mass is 9.93. The van der Waals surface area contributed by atoms with Gasteiger partial charge in [-0.25, -0.2) is 0 Å². The highest BCUT2D eigenvalue weighted by Crippen LogP contribution is 2.29. The standard InChI is InChI=1S/C25H34N2O2/c1-2-3-20-29-23-17-15-22(16-18-23)25(28,21-12-8-7-9-13-21)27-24-14-10-5-4-6-11-19-26-24/h7-9,12-13,15-18,28H,2-6,10-11,14,19-20H2,1H3,(H,26,27). The van der Waals surface area contributed by atoms with Crippen LogP contribution in [0.15, 0.2) is 59.6 Å². The lowest BCUT2D eigenvalue weighted by Gasteiger charge is -2.32. The Hall–Kier alpha value is -2.33. The van der Waals surface area contributed by atoms with Crippen LogP contribution in [0, 0.1) is 0 Å². The van der Waals surface area contributed by atoms with Crippen molar-refractivity contribution >= 4 is 5.84 Å². The van der Waals surface area contributed by atoms with Gasteiger partial charge in [-0.1, -0.05) is 75.1 Å². The van der Waals surface area contributed by atoms with Gasteiger partial charge in [0.05, 0.1) is 12.4 Å². The van der Waals surface area contributed by atoms with Crippen molar-refractivity contribution in [2.24, 2.45) is 4.99 Å². The van der Waals surface area contributed by atoms with E-state index >= 15 is 0 Å². The van der Waals surface area contributed by atoms with Crippen LogP contribution in [0.25, 0.3) is 0 Å². The molecule has 0 bridgehead atoms. The van der Waals surface area contributed by atoms with Gasteiger partial charge in [-0.05, 0) is 31.4 Å². The monoisotopic (exact) mass is 394 g/mol. The summed E-state index contributed by atoms with van der Waals surface area (Å²) in [6, 6.07) is 17.5. The summed E-state index contributed by atoms with van der Waals surface area (Å²) >= 11 is 0. The summed E-state index contributed by atoms with van der Waals surface area (Å²) in [7, 11) is 0. The van der Waals surface area contributed by atoms with E-state index in [9.17, 15) is 5.11 Å². The molecule has 1 atom stereocenters. The van der Waals surface area contributed by atoms with E-state index in [4.69, 9.17) is 9.73 Å². The molecule has 1 unspecified atom stereocenters. The van der Waals surface area contributed by atoms with Crippen molar-refractivity contribution < 1.29 is 9.84 Å². The van der Waals surface area contributed by atoms with Gasteiger partial charge in [-0.3, -0.25) is 4.99 Å². The second-order valence-electron chi connectivity index (χ2n) is 7.77. The van der Waals surface area contributed by atoms with Crippen LogP contribution in [0.3, 0.4) is 0 Å². The molecule has 0 amide bonds. The van der Waals surface area contributed by atoms with Crippen molar-refractivity contribution in [1.29, 1.82) is 0 Å². The molecule has 1 aliphatic heterocycles. The summed E-state index contributed by atoms with van der Waals surface area (Å²) < 4.78 is 5.79. The molecule has 0 saturated heterocycles. The SMILES string of the molecule is CCCCOc1ccc(C(O)(NC2=NCCCCCCC2)c2ccccc2)cc1. The van der Waals surface area contributed by atoms with Gasteiger partial charge in [0.25, 0.3) is 0 Å². The van der Waals surface area contributed by atoms with Crippen molar-refractivity contribution in [3.05, 3.63) is 65.7 Å². The van der Waals surface area contributed by atoms with E-state index in [2.05, 4.69) is 12.2 Å². The average Bonchev–Trinajstić information content (AvgIpc) is 2.89. The maximum absolute atomic E-state index is 11.8. The van der Waals surface area contributed by atoms with Gasteiger partial charge in [-0.15, -0.1) is 0 Å². The molecule has 0 saturated carbocycles. The molecule has 2 aromatic rings. The van der Waals surface area contributed by atoms with Gasteiger partial charge in [0.2, 0.25) is 0 Å². The minimum absolute atomic E-state index is 0.716. The van der Waals surface area contributed by atoms with Crippen LogP contribution in [0.5, 0.6) is 5.75 Å². The first kappa shape index (κ1) is 21.4. The van der Waals surface area contributed by atoms with Crippen LogP contribution in [-0.2, 0) is 5.72 Å². The number of aliphatic imine (C=N–C) groups is 1. The van der Waals surface area contributed by atoms with Crippen molar-refractivity contribution in [2.75, 3.05) is 13.2 Å². The quantitative estimate of drug-likeness (QED) is 0.488. The van der Waals surface area contributed by atoms with E-state index in [1.54, 1.807) is 0 Å². The number of nitrogens with zero attached hydrogens (tertiary/aromatic N) is 1. The molecule has 0 aliphatic carbocycles. The Balaban J connectivity index is 1.85. The number of nitrogens with one attached hydrogen (secondary N) is 1. The Kier molecular flexibility index (Phi) is 8.12. The number of benzene rings is 2. The van der Waals surface area contributed by atoms with Crippen molar-refractivity contribution in [2.45, 2.75) is 64.0 Å². The van der Waals surface area contributed by atoms with E-state index in [0.717, 1.165) is 61.4 Å². The van der Waals surface area contributed by atoms with E-state index in [1.807, 2.05) is 54.6 Å². The largest absolute Gasteiger partial charge is 0.494 e. The predicted octanol–water partition coefficient (Wildman–Crippen LogP) is 5.40. The summed E-state index contributed by atoms with van der Waals surface area (Å²) in [4.78, 5) is 4.77. The molecule has 0 spiro atoms. The smallest absolute Gasteiger partial charge is 0.189 e. The Morgan fingerprint density at radius 3 is 2.38 bits per heavy atom. The highest BCUT2D eigenvalue weighted by molar-refractivity contribution is 5.83. The Morgan fingerprint density at radius 1 is 0.931 bits per heavy atom. The van der Waals surface area contributed by atoms with Gasteiger partial charge in [-0.2, -0.15) is 0 Å². The van der Waals surface area contributed by atoms with Crippen LogP contribution >= 0.6 is 0 Å². The van der Waals surface area contributed by atoms with Crippen LogP contribution < -0.4 is 10.1 Å².